The summed E-state index contributed by atoms with van der Waals surface area (Å²) in [4.78, 5) is 2.30. The van der Waals surface area contributed by atoms with Gasteiger partial charge in [0, 0.05) is 19.6 Å². The Morgan fingerprint density at radius 3 is 2.75 bits per heavy atom. The van der Waals surface area contributed by atoms with Crippen LogP contribution in [0, 0.1) is 11.3 Å². The van der Waals surface area contributed by atoms with E-state index in [9.17, 15) is 0 Å². The number of benzene rings is 1. The third-order valence-corrected chi connectivity index (χ3v) is 2.07. The van der Waals surface area contributed by atoms with Gasteiger partial charge in [0.2, 0.25) is 0 Å². The summed E-state index contributed by atoms with van der Waals surface area (Å²) in [5.41, 5.74) is 1.96. The molecule has 1 aliphatic rings. The number of hydrogen-bond acceptors (Lipinski definition) is 2. The minimum absolute atomic E-state index is 0.810. The standard InChI is InChI=1S/C10H10N2/c11-7-9-3-1-2-4-10(9)8-12-5-6-12/h1-4H,5-6,8H2. The summed E-state index contributed by atoms with van der Waals surface area (Å²) in [6.07, 6.45) is 0. The van der Waals surface area contributed by atoms with E-state index in [-0.39, 0.29) is 0 Å². The highest BCUT2D eigenvalue weighted by molar-refractivity contribution is 5.37. The molecule has 2 rings (SSSR count). The molecule has 1 aliphatic heterocycles. The van der Waals surface area contributed by atoms with E-state index in [0.29, 0.717) is 0 Å². The molecule has 0 atom stereocenters. The Bertz CT molecular complexity index is 321. The molecule has 0 radical (unpaired) electrons. The van der Waals surface area contributed by atoms with Gasteiger partial charge in [0.05, 0.1) is 11.6 Å². The van der Waals surface area contributed by atoms with Crippen molar-refractivity contribution in [3.8, 4) is 6.07 Å². The van der Waals surface area contributed by atoms with Crippen LogP contribution in [0.25, 0.3) is 0 Å². The molecular weight excluding hydrogens is 148 g/mol. The Labute approximate surface area is 72.0 Å². The molecule has 1 fully saturated rings. The Morgan fingerprint density at radius 1 is 1.33 bits per heavy atom. The molecule has 1 aromatic carbocycles. The largest absolute Gasteiger partial charge is 0.296 e. The first-order valence-electron chi connectivity index (χ1n) is 4.10. The predicted octanol–water partition coefficient (Wildman–Crippen LogP) is 1.37. The smallest absolute Gasteiger partial charge is 0.0995 e. The fourth-order valence-corrected chi connectivity index (χ4v) is 1.24. The molecule has 1 heterocycles. The van der Waals surface area contributed by atoms with Crippen molar-refractivity contribution < 1.29 is 0 Å². The number of nitriles is 1. The fourth-order valence-electron chi connectivity index (χ4n) is 1.24. The van der Waals surface area contributed by atoms with Gasteiger partial charge in [-0.15, -0.1) is 0 Å². The van der Waals surface area contributed by atoms with Gasteiger partial charge < -0.3 is 0 Å². The van der Waals surface area contributed by atoms with E-state index in [1.807, 2.05) is 24.3 Å². The average molecular weight is 158 g/mol. The second-order valence-electron chi connectivity index (χ2n) is 3.05. The molecule has 0 spiro atoms. The highest BCUT2D eigenvalue weighted by Crippen LogP contribution is 2.14. The highest BCUT2D eigenvalue weighted by atomic mass is 15.2. The zero-order valence-electron chi connectivity index (χ0n) is 6.83. The van der Waals surface area contributed by atoms with Gasteiger partial charge in [-0.2, -0.15) is 5.26 Å². The molecule has 2 heteroatoms. The van der Waals surface area contributed by atoms with Crippen LogP contribution in [0.2, 0.25) is 0 Å². The highest BCUT2D eigenvalue weighted by Gasteiger charge is 2.17. The van der Waals surface area contributed by atoms with Crippen LogP contribution in [-0.2, 0) is 6.54 Å². The van der Waals surface area contributed by atoms with Crippen LogP contribution in [0.15, 0.2) is 24.3 Å². The molecule has 0 N–H and O–H groups in total. The van der Waals surface area contributed by atoms with Crippen molar-refractivity contribution in [3.63, 3.8) is 0 Å². The molecule has 0 bridgehead atoms. The lowest BCUT2D eigenvalue weighted by atomic mass is 10.1. The molecule has 0 saturated carbocycles. The number of rotatable bonds is 2. The van der Waals surface area contributed by atoms with Gasteiger partial charge in [-0.3, -0.25) is 4.90 Å². The topological polar surface area (TPSA) is 26.8 Å². The van der Waals surface area contributed by atoms with E-state index in [2.05, 4.69) is 11.0 Å². The SMILES string of the molecule is N#Cc1ccccc1CN1CC1. The molecule has 12 heavy (non-hydrogen) atoms. The van der Waals surface area contributed by atoms with E-state index in [1.54, 1.807) is 0 Å². The van der Waals surface area contributed by atoms with Gasteiger partial charge in [0.25, 0.3) is 0 Å². The van der Waals surface area contributed by atoms with E-state index in [4.69, 9.17) is 5.26 Å². The van der Waals surface area contributed by atoms with E-state index in [1.165, 1.54) is 13.1 Å². The maximum Gasteiger partial charge on any atom is 0.0995 e. The molecule has 1 aromatic rings. The van der Waals surface area contributed by atoms with Crippen molar-refractivity contribution in [1.82, 2.24) is 4.90 Å². The van der Waals surface area contributed by atoms with Gasteiger partial charge >= 0.3 is 0 Å². The molecule has 1 saturated heterocycles. The number of hydrogen-bond donors (Lipinski definition) is 0. The van der Waals surface area contributed by atoms with Crippen LogP contribution in [0.5, 0.6) is 0 Å². The van der Waals surface area contributed by atoms with Crippen LogP contribution in [-0.4, -0.2) is 18.0 Å². The van der Waals surface area contributed by atoms with Crippen molar-refractivity contribution in [3.05, 3.63) is 35.4 Å². The maximum absolute atomic E-state index is 8.78. The van der Waals surface area contributed by atoms with Crippen LogP contribution in [0.1, 0.15) is 11.1 Å². The molecule has 60 valence electrons. The second-order valence-corrected chi connectivity index (χ2v) is 3.05. The monoisotopic (exact) mass is 158 g/mol. The van der Waals surface area contributed by atoms with Crippen LogP contribution in [0.4, 0.5) is 0 Å². The van der Waals surface area contributed by atoms with Gasteiger partial charge in [-0.25, -0.2) is 0 Å². The van der Waals surface area contributed by atoms with Crippen LogP contribution < -0.4 is 0 Å². The third-order valence-electron chi connectivity index (χ3n) is 2.07. The Hall–Kier alpha value is -1.33. The van der Waals surface area contributed by atoms with Gasteiger partial charge in [-0.05, 0) is 11.6 Å². The normalized spacial score (nSPS) is 15.6. The van der Waals surface area contributed by atoms with Crippen molar-refractivity contribution >= 4 is 0 Å². The summed E-state index contributed by atoms with van der Waals surface area (Å²) in [6.45, 7) is 3.29. The minimum Gasteiger partial charge on any atom is -0.296 e. The lowest BCUT2D eigenvalue weighted by Crippen LogP contribution is -1.98. The first-order valence-corrected chi connectivity index (χ1v) is 4.10. The Morgan fingerprint density at radius 2 is 2.08 bits per heavy atom. The van der Waals surface area contributed by atoms with Gasteiger partial charge in [0.1, 0.15) is 0 Å². The summed E-state index contributed by atoms with van der Waals surface area (Å²) >= 11 is 0. The lowest BCUT2D eigenvalue weighted by molar-refractivity contribution is 0.555. The predicted molar refractivity (Wildman–Crippen MR) is 46.4 cm³/mol. The van der Waals surface area contributed by atoms with Crippen molar-refractivity contribution in [2.45, 2.75) is 6.54 Å². The van der Waals surface area contributed by atoms with E-state index < -0.39 is 0 Å². The summed E-state index contributed by atoms with van der Waals surface area (Å²) in [5.74, 6) is 0. The zero-order chi connectivity index (χ0) is 8.39. The van der Waals surface area contributed by atoms with E-state index >= 15 is 0 Å². The first kappa shape index (κ1) is 7.33. The van der Waals surface area contributed by atoms with Crippen molar-refractivity contribution in [2.24, 2.45) is 0 Å². The summed E-state index contributed by atoms with van der Waals surface area (Å²) in [5, 5.41) is 8.78. The van der Waals surface area contributed by atoms with Crippen molar-refractivity contribution in [1.29, 1.82) is 5.26 Å². The quantitative estimate of drug-likeness (QED) is 0.608. The molecular formula is C10H10N2. The Kier molecular flexibility index (Phi) is 1.81. The van der Waals surface area contributed by atoms with E-state index in [0.717, 1.165) is 17.7 Å². The second kappa shape index (κ2) is 2.96. The minimum atomic E-state index is 0.810. The molecule has 0 amide bonds. The number of nitrogens with zero attached hydrogens (tertiary/aromatic N) is 2. The van der Waals surface area contributed by atoms with Crippen LogP contribution in [0.3, 0.4) is 0 Å². The summed E-state index contributed by atoms with van der Waals surface area (Å²) < 4.78 is 0. The molecule has 0 aliphatic carbocycles. The van der Waals surface area contributed by atoms with Gasteiger partial charge in [-0.1, -0.05) is 18.2 Å². The summed E-state index contributed by atoms with van der Waals surface area (Å²) in [6, 6.07) is 9.99. The van der Waals surface area contributed by atoms with Crippen molar-refractivity contribution in [2.75, 3.05) is 13.1 Å². The molecule has 2 nitrogen and oxygen atoms in total. The maximum atomic E-state index is 8.78. The van der Waals surface area contributed by atoms with Crippen LogP contribution >= 0.6 is 0 Å². The first-order chi connectivity index (χ1) is 5.90. The molecule has 0 aromatic heterocycles. The fraction of sp³-hybridized carbons (Fsp3) is 0.300. The zero-order valence-corrected chi connectivity index (χ0v) is 6.83. The molecule has 0 unspecified atom stereocenters. The lowest BCUT2D eigenvalue weighted by Gasteiger charge is -2.02. The average Bonchev–Trinajstić information content (AvgIpc) is 2.89. The van der Waals surface area contributed by atoms with Gasteiger partial charge in [0.15, 0.2) is 0 Å². The summed E-state index contributed by atoms with van der Waals surface area (Å²) in [7, 11) is 0. The Balaban J connectivity index is 2.22. The third kappa shape index (κ3) is 1.46.